The summed E-state index contributed by atoms with van der Waals surface area (Å²) in [6.45, 7) is 6.74. The van der Waals surface area contributed by atoms with Gasteiger partial charge in [0.1, 0.15) is 5.75 Å². The van der Waals surface area contributed by atoms with Crippen LogP contribution in [0.5, 0.6) is 11.6 Å². The zero-order valence-corrected chi connectivity index (χ0v) is 22.9. The fraction of sp³-hybridized carbons (Fsp3) is 0.424. The lowest BCUT2D eigenvalue weighted by molar-refractivity contribution is 0.0727. The molecule has 0 aliphatic heterocycles. The smallest absolute Gasteiger partial charge is 0.344 e. The van der Waals surface area contributed by atoms with Gasteiger partial charge in [0.15, 0.2) is 0 Å². The van der Waals surface area contributed by atoms with E-state index in [1.807, 2.05) is 54.6 Å². The lowest BCUT2D eigenvalue weighted by Gasteiger charge is -2.08. The number of hydrogen-bond donors (Lipinski definition) is 0. The second-order valence-electron chi connectivity index (χ2n) is 9.71. The second-order valence-corrected chi connectivity index (χ2v) is 9.71. The number of carbonyl (C=O) groups is 1. The molecule has 2 aromatic carbocycles. The third-order valence-corrected chi connectivity index (χ3v) is 6.56. The van der Waals surface area contributed by atoms with Gasteiger partial charge in [-0.3, -0.25) is 0 Å². The average molecular weight is 515 g/mol. The summed E-state index contributed by atoms with van der Waals surface area (Å²) >= 11 is 0. The molecule has 5 nitrogen and oxygen atoms in total. The quantitative estimate of drug-likeness (QED) is 0.0964. The number of hydrogen-bond acceptors (Lipinski definition) is 5. The topological polar surface area (TPSA) is 61.3 Å². The number of unbranched alkanes of at least 4 members (excludes halogenated alkanes) is 9. The molecule has 0 saturated heterocycles. The lowest BCUT2D eigenvalue weighted by Crippen LogP contribution is -2.09. The predicted octanol–water partition coefficient (Wildman–Crippen LogP) is 8.78. The highest BCUT2D eigenvalue weighted by atomic mass is 16.5. The van der Waals surface area contributed by atoms with Crippen LogP contribution in [0.15, 0.2) is 73.6 Å². The first-order chi connectivity index (χ1) is 18.7. The van der Waals surface area contributed by atoms with E-state index < -0.39 is 5.97 Å². The fourth-order valence-corrected chi connectivity index (χ4v) is 4.25. The number of nitrogens with zero attached hydrogens (tertiary/aromatic N) is 2. The Morgan fingerprint density at radius 2 is 1.53 bits per heavy atom. The fourth-order valence-electron chi connectivity index (χ4n) is 4.25. The molecule has 0 radical (unpaired) electrons. The molecule has 202 valence electrons. The Bertz CT molecular complexity index is 1080. The third-order valence-electron chi connectivity index (χ3n) is 6.56. The zero-order chi connectivity index (χ0) is 26.8. The highest BCUT2D eigenvalue weighted by Gasteiger charge is 2.11. The molecule has 5 heteroatoms. The molecule has 0 spiro atoms. The van der Waals surface area contributed by atoms with E-state index in [-0.39, 0.29) is 5.88 Å². The second kappa shape index (κ2) is 17.1. The van der Waals surface area contributed by atoms with Crippen LogP contribution in [-0.4, -0.2) is 22.5 Å². The van der Waals surface area contributed by atoms with Crippen molar-refractivity contribution in [1.29, 1.82) is 0 Å². The molecule has 0 unspecified atom stereocenters. The van der Waals surface area contributed by atoms with Crippen LogP contribution < -0.4 is 9.47 Å². The molecule has 0 aliphatic carbocycles. The van der Waals surface area contributed by atoms with E-state index in [0.717, 1.165) is 43.6 Å². The van der Waals surface area contributed by atoms with E-state index in [9.17, 15) is 4.79 Å². The van der Waals surface area contributed by atoms with Crippen molar-refractivity contribution >= 4 is 5.97 Å². The summed E-state index contributed by atoms with van der Waals surface area (Å²) in [5, 5.41) is 0. The molecule has 0 atom stereocenters. The highest BCUT2D eigenvalue weighted by Crippen LogP contribution is 2.22. The van der Waals surface area contributed by atoms with Crippen molar-refractivity contribution < 1.29 is 14.3 Å². The van der Waals surface area contributed by atoms with Gasteiger partial charge >= 0.3 is 5.97 Å². The van der Waals surface area contributed by atoms with Gasteiger partial charge in [0.2, 0.25) is 5.88 Å². The summed E-state index contributed by atoms with van der Waals surface area (Å²) in [6.07, 6.45) is 19.5. The number of benzene rings is 2. The Morgan fingerprint density at radius 3 is 2.24 bits per heavy atom. The van der Waals surface area contributed by atoms with E-state index in [2.05, 4.69) is 23.5 Å². The molecule has 38 heavy (non-hydrogen) atoms. The number of allylic oxidation sites excluding steroid dienone is 1. The van der Waals surface area contributed by atoms with Gasteiger partial charge in [-0.2, -0.15) is 0 Å². The molecule has 0 aliphatic rings. The van der Waals surface area contributed by atoms with E-state index in [1.54, 1.807) is 6.20 Å². The van der Waals surface area contributed by atoms with Crippen LogP contribution in [0.2, 0.25) is 0 Å². The monoisotopic (exact) mass is 514 g/mol. The van der Waals surface area contributed by atoms with Crippen molar-refractivity contribution in [2.45, 2.75) is 84.0 Å². The van der Waals surface area contributed by atoms with Crippen molar-refractivity contribution in [3.8, 4) is 22.9 Å². The molecular weight excluding hydrogens is 472 g/mol. The highest BCUT2D eigenvalue weighted by molar-refractivity contribution is 5.90. The maximum absolute atomic E-state index is 12.5. The van der Waals surface area contributed by atoms with Crippen molar-refractivity contribution in [3.05, 3.63) is 84.7 Å². The summed E-state index contributed by atoms with van der Waals surface area (Å²) < 4.78 is 11.3. The molecule has 0 bridgehead atoms. The number of ether oxygens (including phenoxy) is 2. The van der Waals surface area contributed by atoms with Crippen LogP contribution in [0.25, 0.3) is 11.3 Å². The number of aryl methyl sites for hydroxylation is 1. The van der Waals surface area contributed by atoms with E-state index in [4.69, 9.17) is 9.47 Å². The molecule has 3 rings (SSSR count). The molecule has 0 N–H and O–H groups in total. The molecule has 0 saturated carbocycles. The Labute approximate surface area is 228 Å². The van der Waals surface area contributed by atoms with Gasteiger partial charge in [-0.1, -0.05) is 70.1 Å². The van der Waals surface area contributed by atoms with Gasteiger partial charge in [-0.15, -0.1) is 6.58 Å². The van der Waals surface area contributed by atoms with Gasteiger partial charge < -0.3 is 9.47 Å². The zero-order valence-electron chi connectivity index (χ0n) is 22.9. The third kappa shape index (κ3) is 10.5. The lowest BCUT2D eigenvalue weighted by atomic mass is 10.0. The van der Waals surface area contributed by atoms with Gasteiger partial charge in [0.25, 0.3) is 0 Å². The normalized spacial score (nSPS) is 10.8. The maximum atomic E-state index is 12.5. The van der Waals surface area contributed by atoms with Crippen LogP contribution in [0, 0.1) is 0 Å². The first kappa shape index (κ1) is 29.1. The van der Waals surface area contributed by atoms with Crippen LogP contribution in [0.1, 0.15) is 93.5 Å². The van der Waals surface area contributed by atoms with Crippen LogP contribution in [0.3, 0.4) is 0 Å². The summed E-state index contributed by atoms with van der Waals surface area (Å²) in [5.74, 6) is 0.603. The Kier molecular flexibility index (Phi) is 13.1. The Morgan fingerprint density at radius 1 is 0.816 bits per heavy atom. The van der Waals surface area contributed by atoms with Crippen molar-refractivity contribution in [1.82, 2.24) is 9.97 Å². The first-order valence-electron chi connectivity index (χ1n) is 14.2. The minimum Gasteiger partial charge on any atom is -0.494 e. The molecule has 3 aromatic rings. The van der Waals surface area contributed by atoms with Crippen molar-refractivity contribution in [2.75, 3.05) is 6.61 Å². The van der Waals surface area contributed by atoms with Crippen LogP contribution >= 0.6 is 0 Å². The van der Waals surface area contributed by atoms with E-state index in [0.29, 0.717) is 11.3 Å². The van der Waals surface area contributed by atoms with Crippen LogP contribution in [-0.2, 0) is 6.42 Å². The molecule has 1 aromatic heterocycles. The molecule has 1 heterocycles. The SMILES string of the molecule is C=CCCCCCCc1ccc(C(=O)Oc2cnc(-c3ccc(OCCCCCCCC)cc3)cn2)cc1. The largest absolute Gasteiger partial charge is 0.494 e. The summed E-state index contributed by atoms with van der Waals surface area (Å²) in [7, 11) is 0. The Balaban J connectivity index is 1.41. The number of rotatable bonds is 18. The van der Waals surface area contributed by atoms with Gasteiger partial charge in [0.05, 0.1) is 30.3 Å². The van der Waals surface area contributed by atoms with Crippen molar-refractivity contribution in [3.63, 3.8) is 0 Å². The first-order valence-corrected chi connectivity index (χ1v) is 14.2. The summed E-state index contributed by atoms with van der Waals surface area (Å²) in [5.41, 5.74) is 3.37. The predicted molar refractivity (Wildman–Crippen MR) is 155 cm³/mol. The van der Waals surface area contributed by atoms with Crippen molar-refractivity contribution in [2.24, 2.45) is 0 Å². The van der Waals surface area contributed by atoms with E-state index >= 15 is 0 Å². The minimum atomic E-state index is -0.435. The number of aromatic nitrogens is 2. The molecule has 0 fully saturated rings. The number of carbonyl (C=O) groups excluding carboxylic acids is 1. The van der Waals surface area contributed by atoms with Crippen LogP contribution in [0.4, 0.5) is 0 Å². The average Bonchev–Trinajstić information content (AvgIpc) is 2.95. The minimum absolute atomic E-state index is 0.182. The standard InChI is InChI=1S/C33H42N2O3/c1-3-5-7-9-11-13-15-27-16-18-29(19-17-27)33(36)38-32-26-34-31(25-35-32)28-20-22-30(23-21-28)37-24-14-12-10-8-6-4-2/h3,16-23,25-26H,1,4-15,24H2,2H3. The van der Waals surface area contributed by atoms with E-state index in [1.165, 1.54) is 63.1 Å². The summed E-state index contributed by atoms with van der Waals surface area (Å²) in [4.78, 5) is 21.2. The molecular formula is C33H42N2O3. The summed E-state index contributed by atoms with van der Waals surface area (Å²) in [6, 6.07) is 15.5. The van der Waals surface area contributed by atoms with Gasteiger partial charge in [-0.25, -0.2) is 14.8 Å². The Hall–Kier alpha value is -3.47. The van der Waals surface area contributed by atoms with Gasteiger partial charge in [0, 0.05) is 5.56 Å². The molecule has 0 amide bonds. The number of esters is 1. The maximum Gasteiger partial charge on any atom is 0.344 e. The van der Waals surface area contributed by atoms with Gasteiger partial charge in [-0.05, 0) is 74.1 Å².